The van der Waals surface area contributed by atoms with E-state index in [-0.39, 0.29) is 0 Å². The van der Waals surface area contributed by atoms with E-state index in [0.29, 0.717) is 6.54 Å². The van der Waals surface area contributed by atoms with Crippen LogP contribution in [0.15, 0.2) is 46.8 Å². The number of rotatable bonds is 0. The lowest BCUT2D eigenvalue weighted by Gasteiger charge is -1.74. The van der Waals surface area contributed by atoms with Crippen LogP contribution in [-0.4, -0.2) is 6.54 Å². The third kappa shape index (κ3) is 2.59. The van der Waals surface area contributed by atoms with Crippen molar-refractivity contribution in [2.45, 2.75) is 0 Å². The Bertz CT molecular complexity index is 155. The van der Waals surface area contributed by atoms with Crippen LogP contribution < -0.4 is 0 Å². The van der Waals surface area contributed by atoms with Gasteiger partial charge in [-0.15, -0.1) is 0 Å². The minimum atomic E-state index is 0.675. The maximum absolute atomic E-state index is 3.80. The van der Waals surface area contributed by atoms with Crippen LogP contribution in [0.1, 0.15) is 0 Å². The second-order valence-corrected chi connectivity index (χ2v) is 1.59. The Morgan fingerprint density at radius 3 is 2.89 bits per heavy atom. The fourth-order valence-corrected chi connectivity index (χ4v) is 0.497. The molecule has 0 aromatic rings. The normalized spacial score (nSPS) is 16.9. The van der Waals surface area contributed by atoms with Gasteiger partial charge in [-0.1, -0.05) is 24.3 Å². The summed E-state index contributed by atoms with van der Waals surface area (Å²) < 4.78 is 0. The summed E-state index contributed by atoms with van der Waals surface area (Å²) in [5.74, 6) is 0. The minimum absolute atomic E-state index is 0.675. The first kappa shape index (κ1) is 5.95. The number of allylic oxidation sites excluding steroid dienone is 4. The average Bonchev–Trinajstić information content (AvgIpc) is 2.00. The summed E-state index contributed by atoms with van der Waals surface area (Å²) in [4.78, 5) is 0. The summed E-state index contributed by atoms with van der Waals surface area (Å²) in [5.41, 5.74) is 0. The predicted molar refractivity (Wildman–Crippen MR) is 37.1 cm³/mol. The molecule has 9 heavy (non-hydrogen) atoms. The van der Waals surface area contributed by atoms with Crippen molar-refractivity contribution in [3.63, 3.8) is 0 Å². The topological polar surface area (TPSA) is 24.7 Å². The molecule has 0 unspecified atom stereocenters. The molecule has 0 amide bonds. The molecule has 0 saturated heterocycles. The standard InChI is InChI=1S/C7H8N2/c1-2-4-6-8-9-7-5-3-1/h1-6H,7H2. The molecule has 0 N–H and O–H groups in total. The summed E-state index contributed by atoms with van der Waals surface area (Å²) in [7, 11) is 0. The monoisotopic (exact) mass is 120 g/mol. The van der Waals surface area contributed by atoms with Gasteiger partial charge in [0.15, 0.2) is 0 Å². The van der Waals surface area contributed by atoms with Gasteiger partial charge >= 0.3 is 0 Å². The molecule has 0 fully saturated rings. The van der Waals surface area contributed by atoms with Crippen molar-refractivity contribution in [1.82, 2.24) is 0 Å². The van der Waals surface area contributed by atoms with Crippen LogP contribution in [0.5, 0.6) is 0 Å². The zero-order chi connectivity index (χ0) is 6.36. The lowest BCUT2D eigenvalue weighted by atomic mass is 10.4. The number of hydrogen-bond donors (Lipinski definition) is 0. The van der Waals surface area contributed by atoms with Crippen LogP contribution in [0, 0.1) is 0 Å². The summed E-state index contributed by atoms with van der Waals surface area (Å²) in [5, 5.41) is 7.54. The number of nitrogens with zero attached hydrogens (tertiary/aromatic N) is 2. The van der Waals surface area contributed by atoms with Crippen LogP contribution in [0.4, 0.5) is 0 Å². The van der Waals surface area contributed by atoms with Gasteiger partial charge in [0, 0.05) is 6.20 Å². The fraction of sp³-hybridized carbons (Fsp3) is 0.143. The molecule has 0 saturated carbocycles. The maximum atomic E-state index is 3.80. The Hall–Kier alpha value is -1.18. The lowest BCUT2D eigenvalue weighted by molar-refractivity contribution is 1.07. The van der Waals surface area contributed by atoms with Crippen molar-refractivity contribution in [1.29, 1.82) is 0 Å². The highest BCUT2D eigenvalue weighted by Gasteiger charge is 1.71. The quantitative estimate of drug-likeness (QED) is 0.467. The molecule has 1 aliphatic heterocycles. The molecule has 1 rings (SSSR count). The molecule has 0 aromatic heterocycles. The summed E-state index contributed by atoms with van der Waals surface area (Å²) in [6.07, 6.45) is 11.3. The molecule has 0 radical (unpaired) electrons. The van der Waals surface area contributed by atoms with Gasteiger partial charge in [0.05, 0.1) is 6.54 Å². The molecule has 2 heteroatoms. The molecule has 0 aromatic carbocycles. The van der Waals surface area contributed by atoms with E-state index in [2.05, 4.69) is 10.2 Å². The van der Waals surface area contributed by atoms with E-state index >= 15 is 0 Å². The molecular weight excluding hydrogens is 112 g/mol. The smallest absolute Gasteiger partial charge is 0.0787 e. The lowest BCUT2D eigenvalue weighted by Crippen LogP contribution is -1.64. The highest BCUT2D eigenvalue weighted by Crippen LogP contribution is 1.87. The van der Waals surface area contributed by atoms with Crippen LogP contribution in [0.25, 0.3) is 0 Å². The van der Waals surface area contributed by atoms with Crippen molar-refractivity contribution in [2.75, 3.05) is 6.54 Å². The van der Waals surface area contributed by atoms with E-state index in [4.69, 9.17) is 0 Å². The first-order chi connectivity index (χ1) is 4.50. The summed E-state index contributed by atoms with van der Waals surface area (Å²) in [6, 6.07) is 0. The van der Waals surface area contributed by atoms with Crippen molar-refractivity contribution in [3.8, 4) is 0 Å². The van der Waals surface area contributed by atoms with Crippen LogP contribution >= 0.6 is 0 Å². The maximum Gasteiger partial charge on any atom is 0.0787 e. The Balaban J connectivity index is 2.60. The first-order valence-corrected chi connectivity index (χ1v) is 2.85. The molecule has 2 nitrogen and oxygen atoms in total. The molecular formula is C7H8N2. The molecule has 1 heterocycles. The van der Waals surface area contributed by atoms with Gasteiger partial charge in [-0.3, -0.25) is 0 Å². The van der Waals surface area contributed by atoms with E-state index in [1.807, 2.05) is 30.4 Å². The zero-order valence-electron chi connectivity index (χ0n) is 5.07. The van der Waals surface area contributed by atoms with E-state index in [9.17, 15) is 0 Å². The van der Waals surface area contributed by atoms with Gasteiger partial charge in [-0.25, -0.2) is 0 Å². The molecule has 0 atom stereocenters. The molecule has 0 spiro atoms. The van der Waals surface area contributed by atoms with Crippen molar-refractivity contribution < 1.29 is 0 Å². The van der Waals surface area contributed by atoms with E-state index < -0.39 is 0 Å². The Morgan fingerprint density at radius 2 is 1.89 bits per heavy atom. The van der Waals surface area contributed by atoms with Gasteiger partial charge in [0.2, 0.25) is 0 Å². The Labute approximate surface area is 54.3 Å². The van der Waals surface area contributed by atoms with E-state index in [1.165, 1.54) is 0 Å². The van der Waals surface area contributed by atoms with Gasteiger partial charge in [0.1, 0.15) is 0 Å². The Kier molecular flexibility index (Phi) is 2.50. The Morgan fingerprint density at radius 1 is 1.00 bits per heavy atom. The van der Waals surface area contributed by atoms with Gasteiger partial charge in [-0.2, -0.15) is 10.2 Å². The fourth-order valence-electron chi connectivity index (χ4n) is 0.497. The predicted octanol–water partition coefficient (Wildman–Crippen LogP) is 2.08. The molecule has 0 bridgehead atoms. The van der Waals surface area contributed by atoms with Crippen LogP contribution in [-0.2, 0) is 0 Å². The summed E-state index contributed by atoms with van der Waals surface area (Å²) >= 11 is 0. The van der Waals surface area contributed by atoms with Crippen LogP contribution in [0.2, 0.25) is 0 Å². The van der Waals surface area contributed by atoms with E-state index in [0.717, 1.165) is 0 Å². The highest BCUT2D eigenvalue weighted by molar-refractivity contribution is 5.11. The van der Waals surface area contributed by atoms with Crippen molar-refractivity contribution in [3.05, 3.63) is 36.6 Å². The zero-order valence-corrected chi connectivity index (χ0v) is 5.07. The number of hydrogen-bond acceptors (Lipinski definition) is 2. The SMILES string of the molecule is C1=CC=CN=NCC=C1. The van der Waals surface area contributed by atoms with Crippen LogP contribution in [0.3, 0.4) is 0 Å². The molecule has 46 valence electrons. The first-order valence-electron chi connectivity index (χ1n) is 2.85. The highest BCUT2D eigenvalue weighted by atomic mass is 15.1. The largest absolute Gasteiger partial charge is 0.185 e. The van der Waals surface area contributed by atoms with Gasteiger partial charge < -0.3 is 0 Å². The molecule has 0 aliphatic carbocycles. The minimum Gasteiger partial charge on any atom is -0.185 e. The second-order valence-electron chi connectivity index (χ2n) is 1.59. The second kappa shape index (κ2) is 3.78. The number of azo groups is 1. The summed E-state index contributed by atoms with van der Waals surface area (Å²) in [6.45, 7) is 0.675. The van der Waals surface area contributed by atoms with Gasteiger partial charge in [0.25, 0.3) is 0 Å². The van der Waals surface area contributed by atoms with Gasteiger partial charge in [-0.05, 0) is 6.08 Å². The van der Waals surface area contributed by atoms with E-state index in [1.54, 1.807) is 6.20 Å². The molecule has 1 aliphatic rings. The third-order valence-corrected chi connectivity index (χ3v) is 0.891. The van der Waals surface area contributed by atoms with Crippen molar-refractivity contribution >= 4 is 0 Å². The third-order valence-electron chi connectivity index (χ3n) is 0.891. The van der Waals surface area contributed by atoms with Crippen molar-refractivity contribution in [2.24, 2.45) is 10.2 Å². The average molecular weight is 120 g/mol.